The maximum absolute atomic E-state index is 13.6. The van der Waals surface area contributed by atoms with Gasteiger partial charge in [-0.15, -0.1) is 0 Å². The number of piperidine rings is 1. The Bertz CT molecular complexity index is 928. The summed E-state index contributed by atoms with van der Waals surface area (Å²) in [5.41, 5.74) is -0.606. The maximum atomic E-state index is 13.6. The number of halogens is 1. The molecule has 2 aliphatic heterocycles. The number of unbranched alkanes of at least 4 members (excludes halogenated alkanes) is 1. The molecule has 3 heterocycles. The van der Waals surface area contributed by atoms with Crippen molar-refractivity contribution in [1.82, 2.24) is 24.3 Å². The van der Waals surface area contributed by atoms with Crippen molar-refractivity contribution in [3.05, 3.63) is 16.6 Å². The van der Waals surface area contributed by atoms with Crippen LogP contribution in [0.2, 0.25) is 0 Å². The van der Waals surface area contributed by atoms with E-state index < -0.39 is 5.60 Å². The fourth-order valence-electron chi connectivity index (χ4n) is 5.29. The van der Waals surface area contributed by atoms with Crippen LogP contribution < -0.4 is 0 Å². The van der Waals surface area contributed by atoms with E-state index in [1.165, 1.54) is 0 Å². The Morgan fingerprint density at radius 3 is 2.54 bits per heavy atom. The molecule has 2 saturated heterocycles. The van der Waals surface area contributed by atoms with E-state index in [4.69, 9.17) is 19.2 Å². The Labute approximate surface area is 242 Å². The fraction of sp³-hybridized carbons (Fsp3) is 0.821. The average Bonchev–Trinajstić information content (AvgIpc) is 3.23. The summed E-state index contributed by atoms with van der Waals surface area (Å²) in [5, 5.41) is 0. The van der Waals surface area contributed by atoms with E-state index in [0.29, 0.717) is 58.3 Å². The van der Waals surface area contributed by atoms with Gasteiger partial charge < -0.3 is 28.6 Å². The third-order valence-corrected chi connectivity index (χ3v) is 7.42. The number of methoxy groups -OCH3 is 1. The second-order valence-electron chi connectivity index (χ2n) is 12.1. The molecule has 2 atom stereocenters. The molecule has 2 fully saturated rings. The predicted octanol–water partition coefficient (Wildman–Crippen LogP) is 4.01. The number of aryl methyl sites for hydroxylation is 1. The van der Waals surface area contributed by atoms with Gasteiger partial charge in [0.2, 0.25) is 5.91 Å². The number of hydrogen-bond donors (Lipinski definition) is 0. The minimum Gasteiger partial charge on any atom is -0.444 e. The van der Waals surface area contributed by atoms with Gasteiger partial charge in [0.1, 0.15) is 16.0 Å². The second-order valence-corrected chi connectivity index (χ2v) is 12.9. The molecule has 0 spiro atoms. The van der Waals surface area contributed by atoms with Gasteiger partial charge >= 0.3 is 6.09 Å². The first kappa shape index (κ1) is 31.8. The Balaban J connectivity index is 1.83. The van der Waals surface area contributed by atoms with E-state index in [0.717, 1.165) is 43.0 Å². The van der Waals surface area contributed by atoms with Crippen molar-refractivity contribution in [2.75, 3.05) is 59.7 Å². The summed E-state index contributed by atoms with van der Waals surface area (Å²) in [5.74, 6) is 1.20. The molecule has 1 aromatic heterocycles. The van der Waals surface area contributed by atoms with Crippen LogP contribution >= 0.6 is 15.9 Å². The number of morpholine rings is 1. The molecule has 2 aliphatic rings. The van der Waals surface area contributed by atoms with E-state index in [-0.39, 0.29) is 24.0 Å². The van der Waals surface area contributed by atoms with Gasteiger partial charge in [0.05, 0.1) is 25.7 Å². The van der Waals surface area contributed by atoms with Crippen molar-refractivity contribution >= 4 is 27.9 Å². The van der Waals surface area contributed by atoms with Gasteiger partial charge in [0.25, 0.3) is 0 Å². The van der Waals surface area contributed by atoms with Crippen LogP contribution in [0.25, 0.3) is 0 Å². The average molecular weight is 615 g/mol. The molecule has 2 amide bonds. The van der Waals surface area contributed by atoms with Gasteiger partial charge in [-0.05, 0) is 61.9 Å². The lowest BCUT2D eigenvalue weighted by Gasteiger charge is -2.44. The second kappa shape index (κ2) is 14.8. The number of carbonyl (C=O) groups is 2. The maximum Gasteiger partial charge on any atom is 0.410 e. The number of carbonyl (C=O) groups excluding carboxylic acids is 2. The first-order chi connectivity index (χ1) is 18.5. The van der Waals surface area contributed by atoms with Gasteiger partial charge in [0.15, 0.2) is 0 Å². The van der Waals surface area contributed by atoms with Gasteiger partial charge in [0, 0.05) is 65.2 Å². The standard InChI is InChI=1S/C28H48BrN5O5/c1-21(2)16-33(20-25-30-24(29)19-32(25)9-7-8-12-37-6)23-15-22(26(35)31-10-13-38-14-11-31)17-34(18-23)27(36)39-28(3,4)5/h19,21-23H,7-18,20H2,1-6H3/t22-,23+/m1/s1. The molecule has 0 radical (unpaired) electrons. The number of ether oxygens (including phenoxy) is 3. The fourth-order valence-corrected chi connectivity index (χ4v) is 5.75. The number of amides is 2. The molecule has 0 bridgehead atoms. The van der Waals surface area contributed by atoms with Crippen LogP contribution in [0.1, 0.15) is 59.7 Å². The molecule has 0 saturated carbocycles. The summed E-state index contributed by atoms with van der Waals surface area (Å²) >= 11 is 3.57. The third-order valence-electron chi connectivity index (χ3n) is 7.04. The summed E-state index contributed by atoms with van der Waals surface area (Å²) in [4.78, 5) is 37.7. The number of nitrogens with zero attached hydrogens (tertiary/aromatic N) is 5. The highest BCUT2D eigenvalue weighted by molar-refractivity contribution is 9.10. The highest BCUT2D eigenvalue weighted by Crippen LogP contribution is 2.27. The van der Waals surface area contributed by atoms with Crippen molar-refractivity contribution < 1.29 is 23.8 Å². The first-order valence-electron chi connectivity index (χ1n) is 14.3. The van der Waals surface area contributed by atoms with Crippen LogP contribution in [-0.4, -0.2) is 108 Å². The Morgan fingerprint density at radius 1 is 1.18 bits per heavy atom. The number of likely N-dealkylation sites (tertiary alicyclic amines) is 1. The highest BCUT2D eigenvalue weighted by atomic mass is 79.9. The Morgan fingerprint density at radius 2 is 1.90 bits per heavy atom. The van der Waals surface area contributed by atoms with Crippen LogP contribution in [0.5, 0.6) is 0 Å². The lowest BCUT2D eigenvalue weighted by molar-refractivity contribution is -0.142. The van der Waals surface area contributed by atoms with Crippen molar-refractivity contribution in [3.63, 3.8) is 0 Å². The zero-order chi connectivity index (χ0) is 28.6. The molecule has 3 rings (SSSR count). The van der Waals surface area contributed by atoms with Gasteiger partial charge in [-0.1, -0.05) is 13.8 Å². The molecule has 0 aliphatic carbocycles. The quantitative estimate of drug-likeness (QED) is 0.348. The van der Waals surface area contributed by atoms with Gasteiger partial charge in [-0.2, -0.15) is 0 Å². The molecule has 1 aromatic rings. The normalized spacial score (nSPS) is 20.6. The Hall–Kier alpha value is -1.69. The van der Waals surface area contributed by atoms with E-state index >= 15 is 0 Å². The summed E-state index contributed by atoms with van der Waals surface area (Å²) < 4.78 is 19.5. The molecule has 10 nitrogen and oxygen atoms in total. The molecule has 39 heavy (non-hydrogen) atoms. The zero-order valence-electron chi connectivity index (χ0n) is 24.7. The summed E-state index contributed by atoms with van der Waals surface area (Å²) in [6.07, 6.45) is 4.35. The Kier molecular flexibility index (Phi) is 12.1. The van der Waals surface area contributed by atoms with Crippen LogP contribution in [-0.2, 0) is 32.1 Å². The van der Waals surface area contributed by atoms with Crippen molar-refractivity contribution in [3.8, 4) is 0 Å². The first-order valence-corrected chi connectivity index (χ1v) is 15.0. The number of hydrogen-bond acceptors (Lipinski definition) is 7. The largest absolute Gasteiger partial charge is 0.444 e. The molecular weight excluding hydrogens is 566 g/mol. The van der Waals surface area contributed by atoms with Crippen molar-refractivity contribution in [2.45, 2.75) is 78.6 Å². The minimum absolute atomic E-state index is 0.000996. The van der Waals surface area contributed by atoms with Crippen molar-refractivity contribution in [1.29, 1.82) is 0 Å². The third kappa shape index (κ3) is 10.0. The lowest BCUT2D eigenvalue weighted by atomic mass is 9.91. The lowest BCUT2D eigenvalue weighted by Crippen LogP contribution is -2.57. The molecule has 0 N–H and O–H groups in total. The molecule has 0 unspecified atom stereocenters. The monoisotopic (exact) mass is 613 g/mol. The van der Waals surface area contributed by atoms with Crippen LogP contribution in [0.4, 0.5) is 4.79 Å². The molecule has 222 valence electrons. The van der Waals surface area contributed by atoms with Crippen molar-refractivity contribution in [2.24, 2.45) is 11.8 Å². The molecule has 0 aromatic carbocycles. The van der Waals surface area contributed by atoms with E-state index in [2.05, 4.69) is 39.2 Å². The predicted molar refractivity (Wildman–Crippen MR) is 153 cm³/mol. The smallest absolute Gasteiger partial charge is 0.410 e. The van der Waals surface area contributed by atoms with E-state index in [1.807, 2.05) is 31.9 Å². The van der Waals surface area contributed by atoms with Crippen LogP contribution in [0, 0.1) is 11.8 Å². The van der Waals surface area contributed by atoms with E-state index in [9.17, 15) is 9.59 Å². The summed E-state index contributed by atoms with van der Waals surface area (Å²) in [6.45, 7) is 16.3. The SMILES string of the molecule is COCCCCn1cc(Br)nc1CN(CC(C)C)[C@H]1C[C@@H](C(=O)N2CCOCC2)CN(C(=O)OC(C)(C)C)C1. The molecule has 11 heteroatoms. The van der Waals surface area contributed by atoms with Gasteiger partial charge in [-0.3, -0.25) is 9.69 Å². The highest BCUT2D eigenvalue weighted by Gasteiger charge is 2.40. The van der Waals surface area contributed by atoms with Crippen LogP contribution in [0.3, 0.4) is 0 Å². The summed E-state index contributed by atoms with van der Waals surface area (Å²) in [7, 11) is 1.73. The van der Waals surface area contributed by atoms with Crippen LogP contribution in [0.15, 0.2) is 10.8 Å². The topological polar surface area (TPSA) is 89.4 Å². The zero-order valence-corrected chi connectivity index (χ0v) is 26.2. The van der Waals surface area contributed by atoms with E-state index in [1.54, 1.807) is 12.0 Å². The number of aromatic nitrogens is 2. The minimum atomic E-state index is -0.606. The number of imidazole rings is 1. The van der Waals surface area contributed by atoms with Gasteiger partial charge in [-0.25, -0.2) is 9.78 Å². The number of rotatable bonds is 11. The molecular formula is C28H48BrN5O5. The summed E-state index contributed by atoms with van der Waals surface area (Å²) in [6, 6.07) is 0.000996.